The van der Waals surface area contributed by atoms with E-state index in [0.717, 1.165) is 36.4 Å². The monoisotopic (exact) mass is 1110 g/mol. The van der Waals surface area contributed by atoms with Crippen molar-refractivity contribution >= 4 is 124 Å². The number of carbonyl (C=O) groups is 1. The van der Waals surface area contributed by atoms with Gasteiger partial charge in [-0.3, -0.25) is 18.2 Å². The first kappa shape index (κ1) is 57.7. The number of anilines is 2. The molecule has 0 aliphatic rings. The van der Waals surface area contributed by atoms with Gasteiger partial charge in [0.05, 0.1) is 36.0 Å². The molecule has 2 amide bonds. The van der Waals surface area contributed by atoms with Crippen LogP contribution >= 0.6 is 0 Å². The quantitative estimate of drug-likeness (QED) is 0.0385. The van der Waals surface area contributed by atoms with Gasteiger partial charge in [-0.25, -0.2) is 4.79 Å². The number of aliphatic hydroxyl groups is 2. The third-order valence-electron chi connectivity index (χ3n) is 10.9. The van der Waals surface area contributed by atoms with Crippen LogP contribution in [0.4, 0.5) is 38.9 Å². The number of fused-ring (bicyclic) bond motifs is 4. The van der Waals surface area contributed by atoms with E-state index >= 15 is 0 Å². The van der Waals surface area contributed by atoms with E-state index in [-0.39, 0.29) is 97.2 Å². The summed E-state index contributed by atoms with van der Waals surface area (Å²) < 4.78 is 139. The summed E-state index contributed by atoms with van der Waals surface area (Å²) in [5, 5.41) is 60.2. The molecule has 386 valence electrons. The molecule has 0 spiro atoms. The Morgan fingerprint density at radius 2 is 0.813 bits per heavy atom. The van der Waals surface area contributed by atoms with Crippen molar-refractivity contribution in [3.8, 4) is 11.5 Å². The van der Waals surface area contributed by atoms with Crippen molar-refractivity contribution in [1.82, 2.24) is 4.90 Å². The molecule has 0 heterocycles. The van der Waals surface area contributed by atoms with Crippen LogP contribution in [0.3, 0.4) is 0 Å². The number of urea groups is 1. The number of hydrogen-bond acceptors (Lipinski definition) is 18. The predicted molar refractivity (Wildman–Crippen MR) is 271 cm³/mol. The average molecular weight is 1120 g/mol. The van der Waals surface area contributed by atoms with Gasteiger partial charge in [-0.15, -0.1) is 10.2 Å². The van der Waals surface area contributed by atoms with Gasteiger partial charge in [0.25, 0.3) is 40.5 Å². The Hall–Kier alpha value is -6.61. The van der Waals surface area contributed by atoms with Gasteiger partial charge in [0.1, 0.15) is 31.0 Å². The van der Waals surface area contributed by atoms with Gasteiger partial charge in [-0.1, -0.05) is 60.7 Å². The van der Waals surface area contributed by atoms with Crippen molar-refractivity contribution in [2.24, 2.45) is 20.5 Å². The van der Waals surface area contributed by atoms with E-state index in [0.29, 0.717) is 13.1 Å². The molecule has 0 fully saturated rings. The van der Waals surface area contributed by atoms with Crippen molar-refractivity contribution < 1.29 is 107 Å². The van der Waals surface area contributed by atoms with Gasteiger partial charge in [0, 0.05) is 23.9 Å². The third kappa shape index (κ3) is 13.6. The summed E-state index contributed by atoms with van der Waals surface area (Å²) in [7, 11) is -18.1. The fraction of sp³-hybridized carbons (Fsp3) is 0.109. The molecule has 24 nitrogen and oxygen atoms in total. The molecule has 0 unspecified atom stereocenters. The van der Waals surface area contributed by atoms with E-state index < -0.39 is 100 Å². The maximum absolute atomic E-state index is 13.5. The van der Waals surface area contributed by atoms with E-state index in [4.69, 9.17) is 10.2 Å². The van der Waals surface area contributed by atoms with Crippen molar-refractivity contribution in [1.29, 1.82) is 0 Å². The molecular formula is C46H41N7NaO17S4+. The van der Waals surface area contributed by atoms with Crippen LogP contribution in [-0.4, -0.2) is 117 Å². The molecule has 75 heavy (non-hydrogen) atoms. The normalized spacial score (nSPS) is 12.4. The first-order valence-corrected chi connectivity index (χ1v) is 26.9. The van der Waals surface area contributed by atoms with E-state index in [9.17, 15) is 66.9 Å². The second kappa shape index (κ2) is 23.1. The third-order valence-corrected chi connectivity index (χ3v) is 14.4. The molecule has 8 rings (SSSR count). The molecule has 8 aromatic rings. The standard InChI is InChI=1S/C41H28N6O15S4.C5H13NO2.Na/c48-39-29-7-3-1-5-23(29)19-35(65(57,58)59)37(39)46-44-27-11-9-21-17-33(63(51,52)53)31(15-25(21)13-27)42-41(50)43-32-16-26-14-28(12-10-22(26)18-34(32)64(54,55)56)45-47-38-36(66(60,61)62)20-24-6-2-4-8-30(24)40(38)49;1-6(2-4-7)3-5-8;/h1-20,48-49H,(H2,42,43,50)(H,51,52,53)(H,54,55,56)(H,57,58,59)(H,60,61,62);7-8H,2-5H2,1H3;/q;;+1. The maximum Gasteiger partial charge on any atom is 1.00 e. The molecule has 0 saturated carbocycles. The largest absolute Gasteiger partial charge is 1.00 e. The Morgan fingerprint density at radius 3 is 1.16 bits per heavy atom. The number of carbonyl (C=O) groups excluding carboxylic acids is 1. The van der Waals surface area contributed by atoms with Crippen molar-refractivity contribution in [2.75, 3.05) is 44.0 Å². The molecule has 0 aliphatic heterocycles. The Bertz CT molecular complexity index is 3830. The van der Waals surface area contributed by atoms with Crippen LogP contribution in [0.15, 0.2) is 161 Å². The van der Waals surface area contributed by atoms with Gasteiger partial charge < -0.3 is 36.0 Å². The van der Waals surface area contributed by atoms with Crippen molar-refractivity contribution in [3.63, 3.8) is 0 Å². The molecule has 0 aromatic heterocycles. The van der Waals surface area contributed by atoms with Gasteiger partial charge >= 0.3 is 35.6 Å². The molecule has 0 bridgehead atoms. The zero-order valence-electron chi connectivity index (χ0n) is 39.0. The average Bonchev–Trinajstić information content (AvgIpc) is 3.32. The van der Waals surface area contributed by atoms with Gasteiger partial charge in [-0.05, 0) is 100 Å². The minimum atomic E-state index is -5.07. The number of nitrogens with zero attached hydrogens (tertiary/aromatic N) is 5. The topological polar surface area (TPSA) is 392 Å². The number of hydrogen-bond donors (Lipinski definition) is 10. The molecule has 0 aliphatic carbocycles. The Balaban J connectivity index is 0.000000939. The maximum atomic E-state index is 13.5. The summed E-state index contributed by atoms with van der Waals surface area (Å²) in [5.74, 6) is -1.21. The molecule has 0 radical (unpaired) electrons. The fourth-order valence-corrected chi connectivity index (χ4v) is 10.0. The number of benzene rings is 8. The molecule has 8 aromatic carbocycles. The number of likely N-dealkylation sites (N-methyl/N-ethyl adjacent to an activating group) is 1. The van der Waals surface area contributed by atoms with Gasteiger partial charge in [0.15, 0.2) is 11.5 Å². The van der Waals surface area contributed by atoms with Gasteiger partial charge in [-0.2, -0.15) is 43.9 Å². The summed E-state index contributed by atoms with van der Waals surface area (Å²) in [5.41, 5.74) is -2.29. The summed E-state index contributed by atoms with van der Waals surface area (Å²) in [6, 6.07) is 25.2. The number of aromatic hydroxyl groups is 2. The fourth-order valence-electron chi connectivity index (χ4n) is 7.39. The summed E-state index contributed by atoms with van der Waals surface area (Å²) >= 11 is 0. The summed E-state index contributed by atoms with van der Waals surface area (Å²) in [6.07, 6.45) is 0. The molecule has 29 heteroatoms. The number of amides is 2. The first-order valence-electron chi connectivity index (χ1n) is 21.1. The second-order valence-electron chi connectivity index (χ2n) is 16.0. The van der Waals surface area contributed by atoms with Crippen molar-refractivity contribution in [3.05, 3.63) is 121 Å². The number of phenolic OH excluding ortho intramolecular Hbond substituents is 2. The minimum absolute atomic E-state index is 0. The van der Waals surface area contributed by atoms with Crippen LogP contribution in [0.5, 0.6) is 11.5 Å². The van der Waals surface area contributed by atoms with Crippen LogP contribution in [0.2, 0.25) is 0 Å². The Kier molecular flexibility index (Phi) is 17.8. The van der Waals surface area contributed by atoms with Crippen molar-refractivity contribution in [2.45, 2.75) is 19.6 Å². The zero-order valence-corrected chi connectivity index (χ0v) is 44.3. The molecule has 10 N–H and O–H groups in total. The smallest absolute Gasteiger partial charge is 0.505 e. The molecule has 0 atom stereocenters. The van der Waals surface area contributed by atoms with Crippen LogP contribution < -0.4 is 40.2 Å². The van der Waals surface area contributed by atoms with Crippen LogP contribution in [0, 0.1) is 0 Å². The Labute approximate surface area is 449 Å². The molecule has 0 saturated heterocycles. The second-order valence-corrected chi connectivity index (χ2v) is 21.5. The van der Waals surface area contributed by atoms with Crippen LogP contribution in [0.25, 0.3) is 43.1 Å². The SMILES string of the molecule is CN(CCO)CCO.O=C(Nc1cc2cc(N=Nc3c(S(=O)(=O)O)cc4ccccc4c3O)ccc2cc1S(=O)(=O)O)Nc1cc2cc(N=Nc3c(S(=O)(=O)O)cc4ccccc4c3O)ccc2cc1S(=O)(=O)O.[Na+]. The number of aliphatic hydroxyl groups excluding tert-OH is 2. The number of nitrogens with one attached hydrogen (secondary N) is 2. The number of rotatable bonds is 14. The zero-order chi connectivity index (χ0) is 53.9. The van der Waals surface area contributed by atoms with Crippen LogP contribution in [-0.2, 0) is 40.5 Å². The van der Waals surface area contributed by atoms with Gasteiger partial charge in [0.2, 0.25) is 0 Å². The first-order chi connectivity index (χ1) is 34.8. The number of phenols is 2. The van der Waals surface area contributed by atoms with E-state index in [1.165, 1.54) is 60.7 Å². The van der Waals surface area contributed by atoms with E-state index in [1.807, 2.05) is 11.9 Å². The summed E-state index contributed by atoms with van der Waals surface area (Å²) in [6.45, 7) is 1.61. The predicted octanol–water partition coefficient (Wildman–Crippen LogP) is 5.08. The summed E-state index contributed by atoms with van der Waals surface area (Å²) in [4.78, 5) is 12.3. The Morgan fingerprint density at radius 1 is 0.467 bits per heavy atom. The molecular weight excluding hydrogens is 1070 g/mol. The number of azo groups is 2. The minimum Gasteiger partial charge on any atom is -0.505 e. The van der Waals surface area contributed by atoms with E-state index in [1.54, 1.807) is 24.3 Å². The van der Waals surface area contributed by atoms with E-state index in [2.05, 4.69) is 31.1 Å². The van der Waals surface area contributed by atoms with Crippen LogP contribution in [0.1, 0.15) is 0 Å².